The van der Waals surface area contributed by atoms with Crippen molar-refractivity contribution in [3.05, 3.63) is 100 Å². The van der Waals surface area contributed by atoms with Crippen LogP contribution in [0.2, 0.25) is 0 Å². The summed E-state index contributed by atoms with van der Waals surface area (Å²) in [5, 5.41) is 10.8. The molecule has 2 atom stereocenters. The van der Waals surface area contributed by atoms with E-state index in [0.29, 0.717) is 5.92 Å². The maximum Gasteiger partial charge on any atom is 0.161 e. The molecule has 0 fully saturated rings. The number of fused-ring (bicyclic) bond motifs is 4. The van der Waals surface area contributed by atoms with Gasteiger partial charge in [0.2, 0.25) is 0 Å². The van der Waals surface area contributed by atoms with Crippen LogP contribution < -0.4 is 0 Å². The van der Waals surface area contributed by atoms with Crippen molar-refractivity contribution >= 4 is 16.7 Å². The van der Waals surface area contributed by atoms with Gasteiger partial charge >= 0.3 is 0 Å². The molecule has 3 nitrogen and oxygen atoms in total. The Kier molecular flexibility index (Phi) is 12.1. The topological polar surface area (TPSA) is 50.2 Å². The Balaban J connectivity index is 0.000000338. The molecule has 0 aliphatic heterocycles. The van der Waals surface area contributed by atoms with E-state index in [0.717, 1.165) is 41.6 Å². The van der Waals surface area contributed by atoms with Crippen molar-refractivity contribution in [1.29, 1.82) is 0 Å². The maximum atomic E-state index is 11.4. The van der Waals surface area contributed by atoms with Crippen molar-refractivity contribution in [3.63, 3.8) is 0 Å². The zero-order valence-corrected chi connectivity index (χ0v) is 31.2. The van der Waals surface area contributed by atoms with Gasteiger partial charge in [0, 0.05) is 48.8 Å². The molecule has 1 radical (unpaired) electrons. The quantitative estimate of drug-likeness (QED) is 0.110. The number of aliphatic hydroxyl groups is 1. The van der Waals surface area contributed by atoms with Crippen LogP contribution in [0.15, 0.2) is 66.4 Å². The zero-order chi connectivity index (χ0) is 32.3. The number of aromatic nitrogens is 1. The number of carbonyl (C=O) groups excluding carboxylic acids is 1. The van der Waals surface area contributed by atoms with E-state index in [4.69, 9.17) is 4.98 Å². The van der Waals surface area contributed by atoms with Crippen LogP contribution in [0, 0.1) is 37.7 Å². The van der Waals surface area contributed by atoms with Gasteiger partial charge in [-0.2, -0.15) is 0 Å². The van der Waals surface area contributed by atoms with Gasteiger partial charge in [0.05, 0.1) is 11.3 Å². The fraction of sp³-hybridized carbons (Fsp3) is 0.415. The molecular formula is C41H50IrNO2-. The Hall–Kier alpha value is -3.07. The molecule has 241 valence electrons. The molecule has 4 heteroatoms. The van der Waals surface area contributed by atoms with E-state index in [1.165, 1.54) is 44.8 Å². The summed E-state index contributed by atoms with van der Waals surface area (Å²) in [5.74, 6) is 0.936. The molecule has 1 N–H and O–H groups in total. The number of benzene rings is 3. The van der Waals surface area contributed by atoms with Gasteiger partial charge in [-0.25, -0.2) is 0 Å². The molecule has 0 bridgehead atoms. The summed E-state index contributed by atoms with van der Waals surface area (Å²) in [6, 6.07) is 23.8. The van der Waals surface area contributed by atoms with Crippen molar-refractivity contribution in [2.75, 3.05) is 0 Å². The van der Waals surface area contributed by atoms with Crippen LogP contribution in [0.4, 0.5) is 0 Å². The van der Waals surface area contributed by atoms with E-state index in [2.05, 4.69) is 102 Å². The summed E-state index contributed by atoms with van der Waals surface area (Å²) in [6.07, 6.45) is 4.10. The SMILES string of the molecule is CCC(C)C(=O)/C=C(\O)C(C)CC.Cc1[c-]c(-c2cc(CC(C)C)c3cc4c(cc3n2)C(C)(C)c2ccccc2-4)cc(C)c1.[Ir]. The van der Waals surface area contributed by atoms with Gasteiger partial charge in [-0.05, 0) is 70.8 Å². The number of carbonyl (C=O) groups is 1. The first-order chi connectivity index (χ1) is 20.8. The summed E-state index contributed by atoms with van der Waals surface area (Å²) in [6.45, 7) is 21.3. The smallest absolute Gasteiger partial charge is 0.161 e. The second-order valence-corrected chi connectivity index (χ2v) is 13.7. The van der Waals surface area contributed by atoms with E-state index in [9.17, 15) is 9.90 Å². The van der Waals surface area contributed by atoms with Gasteiger partial charge in [-0.3, -0.25) is 9.78 Å². The van der Waals surface area contributed by atoms with Gasteiger partial charge in [0.15, 0.2) is 5.78 Å². The summed E-state index contributed by atoms with van der Waals surface area (Å²) >= 11 is 0. The molecular weight excluding hydrogens is 731 g/mol. The van der Waals surface area contributed by atoms with Gasteiger partial charge in [-0.1, -0.05) is 99.6 Å². The number of hydrogen-bond donors (Lipinski definition) is 1. The number of pyridine rings is 1. The second-order valence-electron chi connectivity index (χ2n) is 13.7. The molecule has 1 aliphatic carbocycles. The number of nitrogens with zero attached hydrogens (tertiary/aromatic N) is 1. The molecule has 3 aromatic carbocycles. The molecule has 1 aromatic heterocycles. The number of ketones is 1. The fourth-order valence-electron chi connectivity index (χ4n) is 6.11. The van der Waals surface area contributed by atoms with Crippen LogP contribution in [-0.4, -0.2) is 15.9 Å². The average molecular weight is 781 g/mol. The first-order valence-electron chi connectivity index (χ1n) is 16.3. The predicted octanol–water partition coefficient (Wildman–Crippen LogP) is 10.9. The van der Waals surface area contributed by atoms with Crippen LogP contribution in [0.25, 0.3) is 33.3 Å². The van der Waals surface area contributed by atoms with Crippen LogP contribution in [0.3, 0.4) is 0 Å². The van der Waals surface area contributed by atoms with Crippen molar-refractivity contribution in [2.45, 2.75) is 93.9 Å². The third kappa shape index (κ3) is 8.02. The number of hydrogen-bond acceptors (Lipinski definition) is 3. The van der Waals surface area contributed by atoms with E-state index < -0.39 is 0 Å². The third-order valence-corrected chi connectivity index (χ3v) is 9.16. The molecule has 0 amide bonds. The molecule has 45 heavy (non-hydrogen) atoms. The van der Waals surface area contributed by atoms with Gasteiger partial charge in [0.25, 0.3) is 0 Å². The molecule has 4 aromatic rings. The standard InChI is InChI=1S/C30H30N.C11H20O2.Ir/c1-18(2)11-21-15-28(22-13-19(3)12-20(4)14-22)31-29-17-27-25(16-24(21)29)23-9-7-8-10-26(23)30(27,5)6;1-5-8(3)10(12)7-11(13)9(4)6-2;/h7-10,12-13,15-18H,11H2,1-6H3;7-9,12H,5-6H2,1-4H3;/q-1;;/b;10-7-;. The summed E-state index contributed by atoms with van der Waals surface area (Å²) in [5.41, 5.74) is 12.5. The summed E-state index contributed by atoms with van der Waals surface area (Å²) in [7, 11) is 0. The number of rotatable bonds is 8. The Morgan fingerprint density at radius 2 is 1.58 bits per heavy atom. The van der Waals surface area contributed by atoms with Gasteiger partial charge in [0.1, 0.15) is 0 Å². The van der Waals surface area contributed by atoms with Gasteiger partial charge < -0.3 is 5.11 Å². The minimum Gasteiger partial charge on any atom is -0.512 e. The van der Waals surface area contributed by atoms with Crippen molar-refractivity contribution in [3.8, 4) is 22.4 Å². The van der Waals surface area contributed by atoms with Gasteiger partial charge in [-0.15, -0.1) is 34.9 Å². The first kappa shape index (κ1) is 36.4. The van der Waals surface area contributed by atoms with E-state index in [-0.39, 0.29) is 48.9 Å². The van der Waals surface area contributed by atoms with E-state index in [1.807, 2.05) is 27.7 Å². The normalized spacial score (nSPS) is 14.6. The van der Waals surface area contributed by atoms with Crippen LogP contribution in [0.5, 0.6) is 0 Å². The number of allylic oxidation sites excluding steroid dienone is 2. The monoisotopic (exact) mass is 781 g/mol. The molecule has 0 saturated heterocycles. The number of aryl methyl sites for hydroxylation is 2. The Morgan fingerprint density at radius 3 is 2.20 bits per heavy atom. The van der Waals surface area contributed by atoms with Crippen molar-refractivity contribution in [1.82, 2.24) is 4.98 Å². The summed E-state index contributed by atoms with van der Waals surface area (Å²) in [4.78, 5) is 16.5. The third-order valence-electron chi connectivity index (χ3n) is 9.16. The second kappa shape index (κ2) is 15.0. The Labute approximate surface area is 284 Å². The molecule has 1 aliphatic rings. The van der Waals surface area contributed by atoms with Crippen LogP contribution >= 0.6 is 0 Å². The first-order valence-corrected chi connectivity index (χ1v) is 16.3. The average Bonchev–Trinajstić information content (AvgIpc) is 3.20. The van der Waals surface area contributed by atoms with Crippen LogP contribution in [0.1, 0.15) is 96.0 Å². The maximum absolute atomic E-state index is 11.4. The zero-order valence-electron chi connectivity index (χ0n) is 28.8. The molecule has 1 heterocycles. The minimum atomic E-state index is -0.0118. The molecule has 0 saturated carbocycles. The van der Waals surface area contributed by atoms with Crippen molar-refractivity contribution in [2.24, 2.45) is 17.8 Å². The largest absolute Gasteiger partial charge is 0.512 e. The fourth-order valence-corrected chi connectivity index (χ4v) is 6.11. The molecule has 2 unspecified atom stereocenters. The predicted molar refractivity (Wildman–Crippen MR) is 186 cm³/mol. The summed E-state index contributed by atoms with van der Waals surface area (Å²) < 4.78 is 0. The molecule has 0 spiro atoms. The van der Waals surface area contributed by atoms with E-state index >= 15 is 0 Å². The Bertz CT molecular complexity index is 1680. The minimum absolute atomic E-state index is 0. The number of aliphatic hydroxyl groups excluding tert-OH is 1. The molecule has 5 rings (SSSR count). The Morgan fingerprint density at radius 1 is 0.911 bits per heavy atom. The van der Waals surface area contributed by atoms with Crippen LogP contribution in [-0.2, 0) is 36.7 Å². The van der Waals surface area contributed by atoms with E-state index in [1.54, 1.807) is 0 Å². The van der Waals surface area contributed by atoms with Crippen molar-refractivity contribution < 1.29 is 30.0 Å².